The number of ether oxygens (including phenoxy) is 3. The van der Waals surface area contributed by atoms with Crippen LogP contribution in [0.15, 0.2) is 42.5 Å². The summed E-state index contributed by atoms with van der Waals surface area (Å²) in [7, 11) is 2.85. The summed E-state index contributed by atoms with van der Waals surface area (Å²) in [6, 6.07) is 11.8. The van der Waals surface area contributed by atoms with Gasteiger partial charge < -0.3 is 19.5 Å². The molecule has 1 aliphatic carbocycles. The lowest BCUT2D eigenvalue weighted by Crippen LogP contribution is -2.37. The Balaban J connectivity index is 1.98. The number of nitro benzene ring substituents is 1. The first-order chi connectivity index (χ1) is 14.5. The number of hydrogen-bond acceptors (Lipinski definition) is 6. The Hall–Kier alpha value is -3.29. The van der Waals surface area contributed by atoms with E-state index in [0.717, 1.165) is 32.1 Å². The topological polar surface area (TPSA) is 99.9 Å². The molecule has 2 aromatic rings. The highest BCUT2D eigenvalue weighted by atomic mass is 16.6. The van der Waals surface area contributed by atoms with E-state index in [2.05, 4.69) is 5.32 Å². The van der Waals surface area contributed by atoms with Crippen molar-refractivity contribution in [1.29, 1.82) is 0 Å². The zero-order valence-electron chi connectivity index (χ0n) is 17.1. The van der Waals surface area contributed by atoms with Gasteiger partial charge in [0.15, 0.2) is 17.6 Å². The number of hydrogen-bond donors (Lipinski definition) is 1. The van der Waals surface area contributed by atoms with Crippen molar-refractivity contribution in [3.63, 3.8) is 0 Å². The second kappa shape index (κ2) is 9.96. The molecule has 1 N–H and O–H groups in total. The van der Waals surface area contributed by atoms with E-state index in [1.54, 1.807) is 24.3 Å². The lowest BCUT2D eigenvalue weighted by Gasteiger charge is -2.25. The van der Waals surface area contributed by atoms with Crippen LogP contribution in [0.1, 0.15) is 49.3 Å². The van der Waals surface area contributed by atoms with Crippen molar-refractivity contribution in [2.24, 2.45) is 0 Å². The van der Waals surface area contributed by atoms with Crippen LogP contribution in [0.25, 0.3) is 0 Å². The van der Waals surface area contributed by atoms with Crippen molar-refractivity contribution in [3.05, 3.63) is 63.7 Å². The number of amides is 1. The van der Waals surface area contributed by atoms with Crippen LogP contribution in [0.3, 0.4) is 0 Å². The summed E-state index contributed by atoms with van der Waals surface area (Å²) in [6.45, 7) is 0. The van der Waals surface area contributed by atoms with E-state index >= 15 is 0 Å². The first-order valence-corrected chi connectivity index (χ1v) is 9.96. The van der Waals surface area contributed by atoms with Crippen LogP contribution in [0, 0.1) is 10.1 Å². The van der Waals surface area contributed by atoms with Gasteiger partial charge in [0.25, 0.3) is 5.69 Å². The lowest BCUT2D eigenvalue weighted by atomic mass is 9.96. The van der Waals surface area contributed by atoms with Crippen molar-refractivity contribution in [1.82, 2.24) is 5.32 Å². The molecule has 1 saturated carbocycles. The maximum absolute atomic E-state index is 12.7. The fraction of sp³-hybridized carbons (Fsp3) is 0.409. The molecule has 0 bridgehead atoms. The summed E-state index contributed by atoms with van der Waals surface area (Å²) in [5.41, 5.74) is 0.612. The van der Waals surface area contributed by atoms with Crippen LogP contribution in [0.2, 0.25) is 0 Å². The first kappa shape index (κ1) is 21.4. The van der Waals surface area contributed by atoms with Crippen molar-refractivity contribution < 1.29 is 23.9 Å². The van der Waals surface area contributed by atoms with Crippen LogP contribution in [0.4, 0.5) is 10.5 Å². The number of nitrogens with zero attached hydrogens (tertiary/aromatic N) is 1. The summed E-state index contributed by atoms with van der Waals surface area (Å²) in [6.07, 6.45) is 3.53. The Morgan fingerprint density at radius 3 is 2.30 bits per heavy atom. The molecule has 3 rings (SSSR count). The average Bonchev–Trinajstić information content (AvgIpc) is 2.77. The van der Waals surface area contributed by atoms with E-state index in [1.165, 1.54) is 26.4 Å². The molecule has 1 unspecified atom stereocenters. The molecule has 30 heavy (non-hydrogen) atoms. The molecule has 0 aliphatic heterocycles. The molecule has 8 heteroatoms. The number of nitro groups is 1. The Labute approximate surface area is 175 Å². The van der Waals surface area contributed by atoms with Crippen molar-refractivity contribution in [2.45, 2.75) is 44.2 Å². The third-order valence-corrected chi connectivity index (χ3v) is 5.27. The van der Waals surface area contributed by atoms with Gasteiger partial charge in [-0.05, 0) is 24.5 Å². The molecular weight excluding hydrogens is 388 g/mol. The highest BCUT2D eigenvalue weighted by Gasteiger charge is 2.30. The maximum atomic E-state index is 12.7. The number of rotatable bonds is 7. The predicted molar refractivity (Wildman–Crippen MR) is 111 cm³/mol. The van der Waals surface area contributed by atoms with Crippen LogP contribution in [0.5, 0.6) is 11.5 Å². The number of alkyl carbamates (subject to hydrolysis) is 1. The largest absolute Gasteiger partial charge is 0.493 e. The molecular formula is C22H26N2O6. The van der Waals surface area contributed by atoms with Crippen molar-refractivity contribution in [3.8, 4) is 11.5 Å². The minimum Gasteiger partial charge on any atom is -0.493 e. The number of nitrogens with one attached hydrogen (secondary N) is 1. The van der Waals surface area contributed by atoms with Gasteiger partial charge in [-0.25, -0.2) is 4.79 Å². The van der Waals surface area contributed by atoms with Gasteiger partial charge in [0.05, 0.1) is 30.8 Å². The average molecular weight is 414 g/mol. The Bertz CT molecular complexity index is 881. The normalized spacial score (nSPS) is 15.1. The minimum atomic E-state index is -0.977. The molecule has 8 nitrogen and oxygen atoms in total. The van der Waals surface area contributed by atoms with E-state index < -0.39 is 17.1 Å². The highest BCUT2D eigenvalue weighted by molar-refractivity contribution is 5.69. The quantitative estimate of drug-likeness (QED) is 0.518. The van der Waals surface area contributed by atoms with Gasteiger partial charge in [-0.3, -0.25) is 10.1 Å². The SMILES string of the molecule is COc1cc(C(OC(=O)NC2CCCCC2)c2ccccc2)c([N+](=O)[O-])cc1OC. The molecule has 160 valence electrons. The van der Waals surface area contributed by atoms with Gasteiger partial charge in [0.1, 0.15) is 0 Å². The van der Waals surface area contributed by atoms with Gasteiger partial charge >= 0.3 is 6.09 Å². The van der Waals surface area contributed by atoms with Gasteiger partial charge in [0.2, 0.25) is 0 Å². The van der Waals surface area contributed by atoms with Crippen LogP contribution >= 0.6 is 0 Å². The van der Waals surface area contributed by atoms with E-state index in [9.17, 15) is 14.9 Å². The molecule has 0 aromatic heterocycles. The Morgan fingerprint density at radius 1 is 1.07 bits per heavy atom. The van der Waals surface area contributed by atoms with Crippen molar-refractivity contribution >= 4 is 11.8 Å². The Kier molecular flexibility index (Phi) is 7.11. The van der Waals surface area contributed by atoms with E-state index in [4.69, 9.17) is 14.2 Å². The molecule has 0 spiro atoms. The molecule has 0 saturated heterocycles. The lowest BCUT2D eigenvalue weighted by molar-refractivity contribution is -0.386. The molecule has 0 radical (unpaired) electrons. The highest BCUT2D eigenvalue weighted by Crippen LogP contribution is 2.40. The monoisotopic (exact) mass is 414 g/mol. The molecule has 1 atom stereocenters. The first-order valence-electron chi connectivity index (χ1n) is 9.96. The van der Waals surface area contributed by atoms with E-state index in [1.807, 2.05) is 6.07 Å². The van der Waals surface area contributed by atoms with Gasteiger partial charge in [-0.2, -0.15) is 0 Å². The minimum absolute atomic E-state index is 0.0584. The van der Waals surface area contributed by atoms with Crippen LogP contribution in [-0.2, 0) is 4.74 Å². The maximum Gasteiger partial charge on any atom is 0.408 e. The fourth-order valence-corrected chi connectivity index (χ4v) is 3.75. The van der Waals surface area contributed by atoms with E-state index in [-0.39, 0.29) is 23.0 Å². The van der Waals surface area contributed by atoms with Crippen LogP contribution < -0.4 is 14.8 Å². The number of benzene rings is 2. The smallest absolute Gasteiger partial charge is 0.408 e. The van der Waals surface area contributed by atoms with Gasteiger partial charge in [-0.1, -0.05) is 49.6 Å². The molecule has 1 amide bonds. The summed E-state index contributed by atoms with van der Waals surface area (Å²) in [5, 5.41) is 14.7. The summed E-state index contributed by atoms with van der Waals surface area (Å²) in [4.78, 5) is 23.9. The molecule has 1 fully saturated rings. The predicted octanol–water partition coefficient (Wildman–Crippen LogP) is 4.76. The van der Waals surface area contributed by atoms with Gasteiger partial charge in [0, 0.05) is 6.04 Å². The second-order valence-electron chi connectivity index (χ2n) is 7.20. The number of carbonyl (C=O) groups excluding carboxylic acids is 1. The fourth-order valence-electron chi connectivity index (χ4n) is 3.75. The zero-order chi connectivity index (χ0) is 21.5. The van der Waals surface area contributed by atoms with Gasteiger partial charge in [-0.15, -0.1) is 0 Å². The number of carbonyl (C=O) groups is 1. The van der Waals surface area contributed by atoms with Crippen molar-refractivity contribution in [2.75, 3.05) is 14.2 Å². The summed E-state index contributed by atoms with van der Waals surface area (Å²) < 4.78 is 16.3. The van der Waals surface area contributed by atoms with Crippen LogP contribution in [-0.4, -0.2) is 31.3 Å². The zero-order valence-corrected chi connectivity index (χ0v) is 17.1. The molecule has 2 aromatic carbocycles. The Morgan fingerprint density at radius 2 is 1.70 bits per heavy atom. The molecule has 1 aliphatic rings. The summed E-state index contributed by atoms with van der Waals surface area (Å²) >= 11 is 0. The number of methoxy groups -OCH3 is 2. The summed E-state index contributed by atoms with van der Waals surface area (Å²) in [5.74, 6) is 0.543. The van der Waals surface area contributed by atoms with E-state index in [0.29, 0.717) is 11.3 Å². The second-order valence-corrected chi connectivity index (χ2v) is 7.20. The third kappa shape index (κ3) is 5.00. The third-order valence-electron chi connectivity index (χ3n) is 5.27. The molecule has 0 heterocycles. The standard InChI is InChI=1S/C22H26N2O6/c1-28-19-13-17(18(24(26)27)14-20(19)29-2)21(15-9-5-3-6-10-15)30-22(25)23-16-11-7-4-8-12-16/h3,5-6,9-10,13-14,16,21H,4,7-8,11-12H2,1-2H3,(H,23,25).